The molecule has 0 heterocycles. The molecule has 2 unspecified atom stereocenters. The Morgan fingerprint density at radius 3 is 1.31 bits per heavy atom. The molecule has 0 aliphatic heterocycles. The summed E-state index contributed by atoms with van der Waals surface area (Å²) in [4.78, 5) is 0. The highest BCUT2D eigenvalue weighted by Crippen LogP contribution is 2.21. The molecule has 6 heteroatoms. The number of hydrogen-bond donors (Lipinski definition) is 2. The van der Waals surface area contributed by atoms with Crippen LogP contribution in [-0.4, -0.2) is 29.9 Å². The Kier molecular flexibility index (Phi) is 9.18. The van der Waals surface area contributed by atoms with Gasteiger partial charge < -0.3 is 10.2 Å². The van der Waals surface area contributed by atoms with Crippen LogP contribution in [0.15, 0.2) is 0 Å². The number of alkyl halides is 4. The fraction of sp³-hybridized carbons (Fsp3) is 1.00. The first-order valence-corrected chi connectivity index (χ1v) is 7.54. The van der Waals surface area contributed by atoms with Crippen LogP contribution in [0.3, 0.4) is 0 Å². The molecule has 0 aliphatic rings. The number of hydrogen-bond acceptors (Lipinski definition) is 2. The summed E-state index contributed by atoms with van der Waals surface area (Å²) in [7, 11) is 0. The number of aliphatic hydroxyl groups is 2. The molecule has 80 valence electrons. The second-order valence-electron chi connectivity index (χ2n) is 2.73. The Labute approximate surface area is 112 Å². The SMILES string of the molecule is OC(CCCC(O)C(Br)Br)C(Br)Br. The lowest BCUT2D eigenvalue weighted by atomic mass is 10.1. The van der Waals surface area contributed by atoms with E-state index in [0.29, 0.717) is 12.8 Å². The third kappa shape index (κ3) is 7.73. The standard InChI is InChI=1S/C7H12Br4O2/c8-6(9)4(12)2-1-3-5(13)7(10)11/h4-7,12-13H,1-3H2. The van der Waals surface area contributed by atoms with Gasteiger partial charge in [-0.1, -0.05) is 63.7 Å². The van der Waals surface area contributed by atoms with Gasteiger partial charge in [0.15, 0.2) is 0 Å². The molecule has 0 rings (SSSR count). The normalized spacial score (nSPS) is 16.6. The Bertz CT molecular complexity index is 118. The van der Waals surface area contributed by atoms with E-state index in [1.165, 1.54) is 0 Å². The molecule has 0 aromatic rings. The van der Waals surface area contributed by atoms with Crippen molar-refractivity contribution >= 4 is 63.7 Å². The van der Waals surface area contributed by atoms with E-state index in [1.54, 1.807) is 0 Å². The van der Waals surface area contributed by atoms with Gasteiger partial charge in [-0.15, -0.1) is 0 Å². The fourth-order valence-electron chi connectivity index (χ4n) is 0.788. The van der Waals surface area contributed by atoms with Gasteiger partial charge in [0.25, 0.3) is 0 Å². The number of rotatable bonds is 6. The van der Waals surface area contributed by atoms with Gasteiger partial charge in [0.1, 0.15) is 0 Å². The van der Waals surface area contributed by atoms with Gasteiger partial charge in [-0.2, -0.15) is 0 Å². The molecule has 13 heavy (non-hydrogen) atoms. The molecule has 2 atom stereocenters. The predicted molar refractivity (Wildman–Crippen MR) is 69.1 cm³/mol. The first-order valence-electron chi connectivity index (χ1n) is 3.87. The number of halogens is 4. The van der Waals surface area contributed by atoms with Crippen molar-refractivity contribution < 1.29 is 10.2 Å². The van der Waals surface area contributed by atoms with E-state index >= 15 is 0 Å². The van der Waals surface area contributed by atoms with Crippen molar-refractivity contribution in [2.75, 3.05) is 0 Å². The summed E-state index contributed by atoms with van der Waals surface area (Å²) >= 11 is 12.9. The van der Waals surface area contributed by atoms with Crippen LogP contribution >= 0.6 is 63.7 Å². The summed E-state index contributed by atoms with van der Waals surface area (Å²) in [5.74, 6) is 0. The van der Waals surface area contributed by atoms with Gasteiger partial charge in [0.05, 0.1) is 19.7 Å². The summed E-state index contributed by atoms with van der Waals surface area (Å²) in [6.07, 6.45) is 1.33. The van der Waals surface area contributed by atoms with Crippen molar-refractivity contribution in [3.63, 3.8) is 0 Å². The van der Waals surface area contributed by atoms with Gasteiger partial charge in [0.2, 0.25) is 0 Å². The minimum Gasteiger partial charge on any atom is -0.391 e. The summed E-state index contributed by atoms with van der Waals surface area (Å²) in [6, 6.07) is 0. The lowest BCUT2D eigenvalue weighted by Crippen LogP contribution is -2.18. The van der Waals surface area contributed by atoms with E-state index in [9.17, 15) is 10.2 Å². The third-order valence-electron chi connectivity index (χ3n) is 1.58. The lowest BCUT2D eigenvalue weighted by Gasteiger charge is -2.14. The first kappa shape index (κ1) is 14.8. The van der Waals surface area contributed by atoms with Crippen LogP contribution in [0.5, 0.6) is 0 Å². The maximum atomic E-state index is 9.38. The van der Waals surface area contributed by atoms with Crippen molar-refractivity contribution in [2.45, 2.75) is 38.9 Å². The van der Waals surface area contributed by atoms with Crippen LogP contribution in [0.2, 0.25) is 0 Å². The first-order chi connectivity index (χ1) is 5.95. The van der Waals surface area contributed by atoms with Gasteiger partial charge in [-0.3, -0.25) is 0 Å². The molecular weight excluding hydrogens is 436 g/mol. The second-order valence-corrected chi connectivity index (χ2v) is 9.14. The van der Waals surface area contributed by atoms with E-state index in [-0.39, 0.29) is 7.47 Å². The molecule has 0 radical (unpaired) electrons. The Morgan fingerprint density at radius 1 is 0.769 bits per heavy atom. The molecular formula is C7H12Br4O2. The largest absolute Gasteiger partial charge is 0.391 e. The van der Waals surface area contributed by atoms with Crippen LogP contribution in [0.1, 0.15) is 19.3 Å². The predicted octanol–water partition coefficient (Wildman–Crippen LogP) is 3.11. The summed E-state index contributed by atoms with van der Waals surface area (Å²) in [6.45, 7) is 0. The quantitative estimate of drug-likeness (QED) is 0.614. The molecule has 0 aromatic heterocycles. The van der Waals surface area contributed by atoms with Crippen molar-refractivity contribution in [1.82, 2.24) is 0 Å². The molecule has 0 bridgehead atoms. The van der Waals surface area contributed by atoms with Crippen LogP contribution < -0.4 is 0 Å². The molecule has 0 fully saturated rings. The summed E-state index contributed by atoms with van der Waals surface area (Å²) in [5, 5.41) is 18.8. The summed E-state index contributed by atoms with van der Waals surface area (Å²) < 4.78 is -0.137. The smallest absolute Gasteiger partial charge is 0.0956 e. The summed E-state index contributed by atoms with van der Waals surface area (Å²) in [5.41, 5.74) is 0. The molecule has 0 saturated carbocycles. The van der Waals surface area contributed by atoms with Gasteiger partial charge in [-0.05, 0) is 19.3 Å². The Balaban J connectivity index is 3.45. The molecule has 0 spiro atoms. The van der Waals surface area contributed by atoms with E-state index < -0.39 is 12.2 Å². The van der Waals surface area contributed by atoms with Crippen molar-refractivity contribution in [3.8, 4) is 0 Å². The molecule has 2 N–H and O–H groups in total. The highest BCUT2D eigenvalue weighted by Gasteiger charge is 2.15. The van der Waals surface area contributed by atoms with Crippen molar-refractivity contribution in [3.05, 3.63) is 0 Å². The maximum absolute atomic E-state index is 9.38. The van der Waals surface area contributed by atoms with Crippen LogP contribution in [-0.2, 0) is 0 Å². The van der Waals surface area contributed by atoms with E-state index in [4.69, 9.17) is 0 Å². The van der Waals surface area contributed by atoms with Crippen molar-refractivity contribution in [2.24, 2.45) is 0 Å². The average Bonchev–Trinajstić information content (AvgIpc) is 2.03. The second kappa shape index (κ2) is 8.05. The number of aliphatic hydroxyl groups excluding tert-OH is 2. The fourth-order valence-corrected chi connectivity index (χ4v) is 1.85. The van der Waals surface area contributed by atoms with E-state index in [1.807, 2.05) is 0 Å². The van der Waals surface area contributed by atoms with Crippen molar-refractivity contribution in [1.29, 1.82) is 0 Å². The Morgan fingerprint density at radius 2 is 1.08 bits per heavy atom. The van der Waals surface area contributed by atoms with Gasteiger partial charge in [-0.25, -0.2) is 0 Å². The van der Waals surface area contributed by atoms with Crippen LogP contribution in [0.25, 0.3) is 0 Å². The highest BCUT2D eigenvalue weighted by atomic mass is 79.9. The van der Waals surface area contributed by atoms with E-state index in [0.717, 1.165) is 6.42 Å². The molecule has 2 nitrogen and oxygen atoms in total. The zero-order valence-electron chi connectivity index (χ0n) is 6.84. The third-order valence-corrected chi connectivity index (χ3v) is 4.02. The highest BCUT2D eigenvalue weighted by molar-refractivity contribution is 9.25. The topological polar surface area (TPSA) is 40.5 Å². The molecule has 0 saturated heterocycles. The van der Waals surface area contributed by atoms with E-state index in [2.05, 4.69) is 63.7 Å². The molecule has 0 aliphatic carbocycles. The van der Waals surface area contributed by atoms with Crippen LogP contribution in [0, 0.1) is 0 Å². The average molecular weight is 448 g/mol. The van der Waals surface area contributed by atoms with Crippen LogP contribution in [0.4, 0.5) is 0 Å². The van der Waals surface area contributed by atoms with Gasteiger partial charge in [0, 0.05) is 0 Å². The monoisotopic (exact) mass is 444 g/mol. The zero-order valence-corrected chi connectivity index (χ0v) is 13.2. The Hall–Kier alpha value is 1.84. The minimum absolute atomic E-state index is 0.0686. The minimum atomic E-state index is -0.406. The van der Waals surface area contributed by atoms with Gasteiger partial charge >= 0.3 is 0 Å². The maximum Gasteiger partial charge on any atom is 0.0956 e. The molecule has 0 aromatic carbocycles. The lowest BCUT2D eigenvalue weighted by molar-refractivity contribution is 0.153. The molecule has 0 amide bonds. The zero-order chi connectivity index (χ0) is 10.4.